The Morgan fingerprint density at radius 1 is 1.21 bits per heavy atom. The molecule has 0 radical (unpaired) electrons. The van der Waals surface area contributed by atoms with E-state index in [0.29, 0.717) is 0 Å². The van der Waals surface area contributed by atoms with Crippen molar-refractivity contribution < 1.29 is 0 Å². The molecular formula is C19H18BrN3S. The number of benzene rings is 2. The van der Waals surface area contributed by atoms with Crippen LogP contribution < -0.4 is 5.43 Å². The molecule has 0 aliphatic rings. The third-order valence-corrected chi connectivity index (χ3v) is 4.87. The van der Waals surface area contributed by atoms with Gasteiger partial charge in [0.15, 0.2) is 0 Å². The van der Waals surface area contributed by atoms with Crippen molar-refractivity contribution in [1.29, 1.82) is 0 Å². The van der Waals surface area contributed by atoms with Crippen molar-refractivity contribution in [1.82, 2.24) is 4.98 Å². The minimum Gasteiger partial charge on any atom is -0.252 e. The Morgan fingerprint density at radius 2 is 2.00 bits per heavy atom. The minimum atomic E-state index is 0.798. The summed E-state index contributed by atoms with van der Waals surface area (Å²) in [6.07, 6.45) is 0.847. The highest BCUT2D eigenvalue weighted by Gasteiger charge is 2.05. The van der Waals surface area contributed by atoms with Crippen molar-refractivity contribution in [2.45, 2.75) is 20.3 Å². The minimum absolute atomic E-state index is 0.798. The molecule has 2 aromatic carbocycles. The molecule has 1 heterocycles. The van der Waals surface area contributed by atoms with Crippen LogP contribution in [0.2, 0.25) is 0 Å². The fraction of sp³-hybridized carbons (Fsp3) is 0.158. The lowest BCUT2D eigenvalue weighted by Gasteiger charge is -2.04. The molecule has 3 rings (SSSR count). The lowest BCUT2D eigenvalue weighted by Crippen LogP contribution is -2.03. The van der Waals surface area contributed by atoms with Crippen LogP contribution in [0.25, 0.3) is 11.3 Å². The summed E-state index contributed by atoms with van der Waals surface area (Å²) in [5.74, 6) is 0. The Labute approximate surface area is 154 Å². The molecule has 0 spiro atoms. The average molecular weight is 400 g/mol. The largest absolute Gasteiger partial charge is 0.252 e. The van der Waals surface area contributed by atoms with Crippen LogP contribution in [0.4, 0.5) is 5.13 Å². The third kappa shape index (κ3) is 4.10. The number of anilines is 1. The standard InChI is InChI=1S/C19H18BrN3S/c1-3-17(15-5-4-6-16(20)11-15)22-23-19-21-18(12-24-19)14-9-7-13(2)8-10-14/h4-12H,3H2,1-2H3,(H,21,23)/b22-17+. The summed E-state index contributed by atoms with van der Waals surface area (Å²) in [4.78, 5) is 4.62. The van der Waals surface area contributed by atoms with Gasteiger partial charge >= 0.3 is 0 Å². The number of nitrogens with one attached hydrogen (secondary N) is 1. The smallest absolute Gasteiger partial charge is 0.203 e. The molecule has 0 amide bonds. The number of nitrogens with zero attached hydrogens (tertiary/aromatic N) is 2. The zero-order valence-electron chi connectivity index (χ0n) is 13.6. The maximum Gasteiger partial charge on any atom is 0.203 e. The van der Waals surface area contributed by atoms with Crippen LogP contribution in [0.15, 0.2) is 63.5 Å². The van der Waals surface area contributed by atoms with E-state index >= 15 is 0 Å². The second-order valence-electron chi connectivity index (χ2n) is 5.44. The van der Waals surface area contributed by atoms with Crippen molar-refractivity contribution in [2.24, 2.45) is 5.10 Å². The Hall–Kier alpha value is -1.98. The quantitative estimate of drug-likeness (QED) is 0.415. The van der Waals surface area contributed by atoms with Crippen molar-refractivity contribution in [3.05, 3.63) is 69.5 Å². The first kappa shape index (κ1) is 16.9. The number of thiazole rings is 1. The molecule has 0 fully saturated rings. The SMILES string of the molecule is CC/C(=N\Nc1nc(-c2ccc(C)cc2)cs1)c1cccc(Br)c1. The maximum absolute atomic E-state index is 4.62. The first-order valence-corrected chi connectivity index (χ1v) is 9.44. The molecule has 122 valence electrons. The number of hydrogen-bond acceptors (Lipinski definition) is 4. The second-order valence-corrected chi connectivity index (χ2v) is 7.21. The van der Waals surface area contributed by atoms with Gasteiger partial charge in [0.1, 0.15) is 0 Å². The monoisotopic (exact) mass is 399 g/mol. The van der Waals surface area contributed by atoms with E-state index in [9.17, 15) is 0 Å². The molecule has 1 N–H and O–H groups in total. The van der Waals surface area contributed by atoms with E-state index in [1.807, 2.05) is 17.5 Å². The van der Waals surface area contributed by atoms with Gasteiger partial charge in [0.2, 0.25) is 5.13 Å². The van der Waals surface area contributed by atoms with Gasteiger partial charge in [-0.15, -0.1) is 11.3 Å². The summed E-state index contributed by atoms with van der Waals surface area (Å²) in [7, 11) is 0. The molecule has 3 aromatic rings. The Bertz CT molecular complexity index is 853. The van der Waals surface area contributed by atoms with Crippen molar-refractivity contribution in [2.75, 3.05) is 5.43 Å². The topological polar surface area (TPSA) is 37.3 Å². The first-order valence-electron chi connectivity index (χ1n) is 7.77. The van der Waals surface area contributed by atoms with Crippen molar-refractivity contribution in [3.8, 4) is 11.3 Å². The van der Waals surface area contributed by atoms with Crippen LogP contribution in [0, 0.1) is 6.92 Å². The Balaban J connectivity index is 1.77. The van der Waals surface area contributed by atoms with Gasteiger partial charge in [-0.05, 0) is 31.0 Å². The molecule has 3 nitrogen and oxygen atoms in total. The first-order chi connectivity index (χ1) is 11.7. The molecule has 24 heavy (non-hydrogen) atoms. The molecule has 0 atom stereocenters. The normalized spacial score (nSPS) is 11.5. The molecule has 0 saturated heterocycles. The lowest BCUT2D eigenvalue weighted by atomic mass is 10.1. The van der Waals surface area contributed by atoms with E-state index in [1.165, 1.54) is 5.56 Å². The van der Waals surface area contributed by atoms with Gasteiger partial charge < -0.3 is 0 Å². The Kier molecular flexibility index (Phi) is 5.43. The van der Waals surface area contributed by atoms with Crippen LogP contribution in [0.5, 0.6) is 0 Å². The molecule has 5 heteroatoms. The molecule has 0 saturated carbocycles. The fourth-order valence-corrected chi connectivity index (χ4v) is 3.37. The predicted molar refractivity (Wildman–Crippen MR) is 107 cm³/mol. The van der Waals surface area contributed by atoms with Crippen LogP contribution in [0.1, 0.15) is 24.5 Å². The third-order valence-electron chi connectivity index (χ3n) is 3.63. The number of rotatable bonds is 5. The summed E-state index contributed by atoms with van der Waals surface area (Å²) < 4.78 is 1.05. The number of halogens is 1. The van der Waals surface area contributed by atoms with Crippen LogP contribution in [-0.4, -0.2) is 10.7 Å². The van der Waals surface area contributed by atoms with Gasteiger partial charge in [-0.1, -0.05) is 64.8 Å². The zero-order chi connectivity index (χ0) is 16.9. The van der Waals surface area contributed by atoms with Gasteiger partial charge in [0.05, 0.1) is 11.4 Å². The highest BCUT2D eigenvalue weighted by molar-refractivity contribution is 9.10. The summed E-state index contributed by atoms with van der Waals surface area (Å²) in [6, 6.07) is 16.6. The van der Waals surface area contributed by atoms with Gasteiger partial charge in [-0.2, -0.15) is 5.10 Å². The summed E-state index contributed by atoms with van der Waals surface area (Å²) in [5.41, 5.74) is 8.55. The maximum atomic E-state index is 4.62. The molecule has 0 aliphatic carbocycles. The van der Waals surface area contributed by atoms with Crippen molar-refractivity contribution in [3.63, 3.8) is 0 Å². The molecule has 0 bridgehead atoms. The van der Waals surface area contributed by atoms with Crippen LogP contribution in [0.3, 0.4) is 0 Å². The van der Waals surface area contributed by atoms with Gasteiger partial charge in [0, 0.05) is 15.4 Å². The van der Waals surface area contributed by atoms with Gasteiger partial charge in [-0.25, -0.2) is 4.98 Å². The Morgan fingerprint density at radius 3 is 2.71 bits per heavy atom. The van der Waals surface area contributed by atoms with Crippen LogP contribution >= 0.6 is 27.3 Å². The highest BCUT2D eigenvalue weighted by atomic mass is 79.9. The number of aryl methyl sites for hydroxylation is 1. The number of hydrogen-bond donors (Lipinski definition) is 1. The lowest BCUT2D eigenvalue weighted by molar-refractivity contribution is 1.21. The molecule has 0 unspecified atom stereocenters. The van der Waals surface area contributed by atoms with E-state index in [4.69, 9.17) is 0 Å². The van der Waals surface area contributed by atoms with E-state index in [-0.39, 0.29) is 0 Å². The van der Waals surface area contributed by atoms with E-state index < -0.39 is 0 Å². The molecule has 1 aromatic heterocycles. The second kappa shape index (κ2) is 7.73. The summed E-state index contributed by atoms with van der Waals surface area (Å²) in [6.45, 7) is 4.18. The fourth-order valence-electron chi connectivity index (χ4n) is 2.31. The number of hydrazone groups is 1. The average Bonchev–Trinajstić information content (AvgIpc) is 3.05. The summed E-state index contributed by atoms with van der Waals surface area (Å²) >= 11 is 5.07. The highest BCUT2D eigenvalue weighted by Crippen LogP contribution is 2.25. The van der Waals surface area contributed by atoms with Gasteiger partial charge in [0.25, 0.3) is 0 Å². The zero-order valence-corrected chi connectivity index (χ0v) is 16.0. The van der Waals surface area contributed by atoms with E-state index in [1.54, 1.807) is 11.3 Å². The summed E-state index contributed by atoms with van der Waals surface area (Å²) in [5, 5.41) is 7.39. The van der Waals surface area contributed by atoms with Crippen LogP contribution in [-0.2, 0) is 0 Å². The van der Waals surface area contributed by atoms with E-state index in [2.05, 4.69) is 81.7 Å². The number of aromatic nitrogens is 1. The molecular weight excluding hydrogens is 382 g/mol. The van der Waals surface area contributed by atoms with Gasteiger partial charge in [-0.3, -0.25) is 5.43 Å². The molecule has 0 aliphatic heterocycles. The van der Waals surface area contributed by atoms with E-state index in [0.717, 1.165) is 38.6 Å². The van der Waals surface area contributed by atoms with Crippen molar-refractivity contribution >= 4 is 38.1 Å². The predicted octanol–water partition coefficient (Wildman–Crippen LogP) is 6.11.